The lowest BCUT2D eigenvalue weighted by Gasteiger charge is -2.31. The number of allylic oxidation sites excluding steroid dienone is 2. The second-order valence-corrected chi connectivity index (χ2v) is 6.83. The smallest absolute Gasteiger partial charge is 0.303 e. The molecule has 0 aromatic rings. The molecule has 2 fully saturated rings. The molecule has 4 atom stereocenters. The summed E-state index contributed by atoms with van der Waals surface area (Å²) in [7, 11) is 0. The molecule has 1 unspecified atom stereocenters. The SMILES string of the molecule is CCCC(=O)N[C@@H]1[C@@H]2CCC(C2)[C@H]1C/C=C\CCCC(=O)O. The fourth-order valence-electron chi connectivity index (χ4n) is 4.20. The third-order valence-electron chi connectivity index (χ3n) is 5.23. The average Bonchev–Trinajstić information content (AvgIpc) is 3.05. The molecular weight excluding hydrogens is 278 g/mol. The number of aliphatic carboxylic acids is 1. The van der Waals surface area contributed by atoms with Gasteiger partial charge in [0.15, 0.2) is 0 Å². The first kappa shape index (κ1) is 17.0. The van der Waals surface area contributed by atoms with Gasteiger partial charge in [0, 0.05) is 18.9 Å². The van der Waals surface area contributed by atoms with Crippen molar-refractivity contribution in [3.05, 3.63) is 12.2 Å². The number of nitrogens with one attached hydrogen (secondary N) is 1. The highest BCUT2D eigenvalue weighted by atomic mass is 16.4. The lowest BCUT2D eigenvalue weighted by molar-refractivity contribution is -0.137. The second kappa shape index (κ2) is 8.35. The molecule has 4 nitrogen and oxygen atoms in total. The first-order chi connectivity index (χ1) is 10.6. The van der Waals surface area contributed by atoms with E-state index in [0.29, 0.717) is 30.7 Å². The largest absolute Gasteiger partial charge is 0.481 e. The zero-order valence-corrected chi connectivity index (χ0v) is 13.6. The van der Waals surface area contributed by atoms with Crippen LogP contribution in [0.3, 0.4) is 0 Å². The van der Waals surface area contributed by atoms with Crippen molar-refractivity contribution in [2.75, 3.05) is 0 Å². The Kier molecular flexibility index (Phi) is 6.47. The molecule has 0 heterocycles. The van der Waals surface area contributed by atoms with Gasteiger partial charge in [-0.25, -0.2) is 0 Å². The van der Waals surface area contributed by atoms with E-state index in [1.807, 2.05) is 6.92 Å². The van der Waals surface area contributed by atoms with Gasteiger partial charge < -0.3 is 10.4 Å². The molecule has 2 aliphatic carbocycles. The molecule has 0 spiro atoms. The molecule has 22 heavy (non-hydrogen) atoms. The molecule has 2 aliphatic rings. The van der Waals surface area contributed by atoms with Gasteiger partial charge in [-0.2, -0.15) is 0 Å². The number of fused-ring (bicyclic) bond motifs is 2. The number of carboxylic acids is 1. The predicted octanol–water partition coefficient (Wildman–Crippen LogP) is 3.52. The number of carbonyl (C=O) groups excluding carboxylic acids is 1. The van der Waals surface area contributed by atoms with Crippen molar-refractivity contribution in [2.45, 2.75) is 70.8 Å². The Morgan fingerprint density at radius 1 is 1.18 bits per heavy atom. The van der Waals surface area contributed by atoms with E-state index in [1.54, 1.807) is 0 Å². The fourth-order valence-corrected chi connectivity index (χ4v) is 4.20. The molecular formula is C18H29NO3. The maximum Gasteiger partial charge on any atom is 0.303 e. The van der Waals surface area contributed by atoms with Crippen molar-refractivity contribution in [1.82, 2.24) is 5.32 Å². The van der Waals surface area contributed by atoms with Gasteiger partial charge in [0.2, 0.25) is 5.91 Å². The van der Waals surface area contributed by atoms with Crippen LogP contribution in [0.25, 0.3) is 0 Å². The fraction of sp³-hybridized carbons (Fsp3) is 0.778. The van der Waals surface area contributed by atoms with Crippen LogP contribution in [0.5, 0.6) is 0 Å². The monoisotopic (exact) mass is 307 g/mol. The molecule has 0 aliphatic heterocycles. The standard InChI is InChI=1S/C18H29NO3/c1-2-7-16(20)19-18-14-11-10-13(12-14)15(18)8-5-3-4-6-9-17(21)22/h3,5,13-15,18H,2,4,6-12H2,1H3,(H,19,20)(H,21,22)/b5-3-/t13?,14-,15-,18-/m1/s1. The summed E-state index contributed by atoms with van der Waals surface area (Å²) in [5.41, 5.74) is 0. The molecule has 124 valence electrons. The van der Waals surface area contributed by atoms with Crippen LogP contribution < -0.4 is 5.32 Å². The van der Waals surface area contributed by atoms with E-state index in [-0.39, 0.29) is 12.3 Å². The quantitative estimate of drug-likeness (QED) is 0.506. The lowest BCUT2D eigenvalue weighted by atomic mass is 9.82. The first-order valence-corrected chi connectivity index (χ1v) is 8.78. The topological polar surface area (TPSA) is 66.4 Å². The van der Waals surface area contributed by atoms with Gasteiger partial charge in [0.1, 0.15) is 0 Å². The van der Waals surface area contributed by atoms with Crippen LogP contribution in [-0.4, -0.2) is 23.0 Å². The number of hydrogen-bond donors (Lipinski definition) is 2. The molecule has 4 heteroatoms. The second-order valence-electron chi connectivity index (χ2n) is 6.83. The van der Waals surface area contributed by atoms with Crippen LogP contribution in [0.4, 0.5) is 0 Å². The van der Waals surface area contributed by atoms with Crippen LogP contribution in [0.2, 0.25) is 0 Å². The normalized spacial score (nSPS) is 30.0. The molecule has 2 rings (SSSR count). The molecule has 1 amide bonds. The summed E-state index contributed by atoms with van der Waals surface area (Å²) in [5.74, 6) is 1.50. The molecule has 2 saturated carbocycles. The van der Waals surface area contributed by atoms with Crippen molar-refractivity contribution < 1.29 is 14.7 Å². The van der Waals surface area contributed by atoms with Crippen molar-refractivity contribution in [3.8, 4) is 0 Å². The molecule has 0 radical (unpaired) electrons. The van der Waals surface area contributed by atoms with E-state index in [4.69, 9.17) is 5.11 Å². The van der Waals surface area contributed by atoms with E-state index >= 15 is 0 Å². The van der Waals surface area contributed by atoms with Gasteiger partial charge in [-0.15, -0.1) is 0 Å². The zero-order valence-electron chi connectivity index (χ0n) is 13.6. The lowest BCUT2D eigenvalue weighted by Crippen LogP contribution is -2.43. The number of unbranched alkanes of at least 4 members (excludes halogenated alkanes) is 1. The summed E-state index contributed by atoms with van der Waals surface area (Å²) in [5, 5.41) is 11.9. The minimum absolute atomic E-state index is 0.204. The average molecular weight is 307 g/mol. The summed E-state index contributed by atoms with van der Waals surface area (Å²) in [4.78, 5) is 22.4. The minimum atomic E-state index is -0.722. The Hall–Kier alpha value is -1.32. The predicted molar refractivity (Wildman–Crippen MR) is 86.4 cm³/mol. The van der Waals surface area contributed by atoms with Crippen LogP contribution in [-0.2, 0) is 9.59 Å². The van der Waals surface area contributed by atoms with E-state index < -0.39 is 5.97 Å². The molecule has 0 saturated heterocycles. The van der Waals surface area contributed by atoms with Crippen molar-refractivity contribution in [3.63, 3.8) is 0 Å². The number of hydrogen-bond acceptors (Lipinski definition) is 2. The number of amides is 1. The third kappa shape index (κ3) is 4.59. The van der Waals surface area contributed by atoms with E-state index in [0.717, 1.165) is 25.2 Å². The van der Waals surface area contributed by atoms with Gasteiger partial charge >= 0.3 is 5.97 Å². The number of carbonyl (C=O) groups is 2. The van der Waals surface area contributed by atoms with E-state index in [9.17, 15) is 9.59 Å². The molecule has 2 N–H and O–H groups in total. The van der Waals surface area contributed by atoms with Gasteiger partial charge in [0.25, 0.3) is 0 Å². The minimum Gasteiger partial charge on any atom is -0.481 e. The number of rotatable bonds is 9. The van der Waals surface area contributed by atoms with Gasteiger partial charge in [-0.3, -0.25) is 9.59 Å². The summed E-state index contributed by atoms with van der Waals surface area (Å²) in [6, 6.07) is 0.362. The van der Waals surface area contributed by atoms with Crippen LogP contribution in [0.1, 0.15) is 64.7 Å². The molecule has 2 bridgehead atoms. The van der Waals surface area contributed by atoms with Crippen molar-refractivity contribution in [2.24, 2.45) is 17.8 Å². The maximum atomic E-state index is 11.9. The van der Waals surface area contributed by atoms with Gasteiger partial charge in [-0.05, 0) is 62.7 Å². The van der Waals surface area contributed by atoms with Crippen molar-refractivity contribution >= 4 is 11.9 Å². The van der Waals surface area contributed by atoms with Crippen LogP contribution >= 0.6 is 0 Å². The Morgan fingerprint density at radius 2 is 1.95 bits per heavy atom. The third-order valence-corrected chi connectivity index (χ3v) is 5.23. The van der Waals surface area contributed by atoms with E-state index in [2.05, 4.69) is 17.5 Å². The van der Waals surface area contributed by atoms with Gasteiger partial charge in [-0.1, -0.05) is 19.1 Å². The van der Waals surface area contributed by atoms with Crippen LogP contribution in [0.15, 0.2) is 12.2 Å². The highest BCUT2D eigenvalue weighted by molar-refractivity contribution is 5.76. The zero-order chi connectivity index (χ0) is 15.9. The number of carboxylic acid groups (broad SMARTS) is 1. The Bertz CT molecular complexity index is 419. The highest BCUT2D eigenvalue weighted by Crippen LogP contribution is 2.49. The summed E-state index contributed by atoms with van der Waals surface area (Å²) in [6.45, 7) is 2.04. The van der Waals surface area contributed by atoms with Gasteiger partial charge in [0.05, 0.1) is 0 Å². The molecule has 0 aromatic heterocycles. The first-order valence-electron chi connectivity index (χ1n) is 8.78. The van der Waals surface area contributed by atoms with Crippen molar-refractivity contribution in [1.29, 1.82) is 0 Å². The summed E-state index contributed by atoms with van der Waals surface area (Å²) in [6.07, 6.45) is 12.5. The Balaban J connectivity index is 1.78. The highest BCUT2D eigenvalue weighted by Gasteiger charge is 2.47. The van der Waals surface area contributed by atoms with Crippen LogP contribution in [0, 0.1) is 17.8 Å². The maximum absolute atomic E-state index is 11.9. The van der Waals surface area contributed by atoms with E-state index in [1.165, 1.54) is 19.3 Å². The Labute approximate surface area is 133 Å². The summed E-state index contributed by atoms with van der Waals surface area (Å²) >= 11 is 0. The summed E-state index contributed by atoms with van der Waals surface area (Å²) < 4.78 is 0. The Morgan fingerprint density at radius 3 is 2.68 bits per heavy atom. The molecule has 0 aromatic carbocycles.